The Balaban J connectivity index is 1.62. The number of nitrogens with zero attached hydrogens (tertiary/aromatic N) is 2. The maximum absolute atomic E-state index is 14.2. The number of methoxy groups -OCH3 is 1. The van der Waals surface area contributed by atoms with E-state index < -0.39 is 12.0 Å². The molecule has 0 fully saturated rings. The largest absolute Gasteiger partial charge is 0.496 e. The Kier molecular flexibility index (Phi) is 10.7. The van der Waals surface area contributed by atoms with Gasteiger partial charge in [0.15, 0.2) is 16.3 Å². The van der Waals surface area contributed by atoms with Gasteiger partial charge in [-0.2, -0.15) is 0 Å². The Bertz CT molecular complexity index is 1950. The minimum absolute atomic E-state index is 0.181. The van der Waals surface area contributed by atoms with Crippen molar-refractivity contribution in [1.82, 2.24) is 4.57 Å². The molecule has 0 aliphatic carbocycles. The summed E-state index contributed by atoms with van der Waals surface area (Å²) in [6, 6.07) is 16.2. The normalized spacial score (nSPS) is 14.5. The molecule has 3 aromatic carbocycles. The monoisotopic (exact) mass is 708 g/mol. The number of allylic oxidation sites excluding steroid dienone is 1. The number of hydrogen-bond donors (Lipinski definition) is 0. The van der Waals surface area contributed by atoms with Crippen LogP contribution in [0, 0.1) is 5.82 Å². The lowest BCUT2D eigenvalue weighted by Crippen LogP contribution is -2.40. The predicted octanol–water partition coefficient (Wildman–Crippen LogP) is 6.47. The van der Waals surface area contributed by atoms with Crippen molar-refractivity contribution in [1.29, 1.82) is 0 Å². The zero-order chi connectivity index (χ0) is 32.8. The molecular formula is C35H34BrFN2O6S. The highest BCUT2D eigenvalue weighted by Crippen LogP contribution is 2.38. The maximum atomic E-state index is 14.2. The first-order valence-corrected chi connectivity index (χ1v) is 16.6. The molecule has 240 valence electrons. The number of halogens is 2. The van der Waals surface area contributed by atoms with Crippen LogP contribution in [0.1, 0.15) is 56.3 Å². The average molecular weight is 710 g/mol. The van der Waals surface area contributed by atoms with Crippen molar-refractivity contribution in [3.63, 3.8) is 0 Å². The van der Waals surface area contributed by atoms with Crippen LogP contribution in [-0.4, -0.2) is 30.9 Å². The van der Waals surface area contributed by atoms with E-state index in [-0.39, 0.29) is 24.6 Å². The fraction of sp³-hybridized carbons (Fsp3) is 0.286. The summed E-state index contributed by atoms with van der Waals surface area (Å²) in [7, 11) is 1.56. The molecule has 8 nitrogen and oxygen atoms in total. The van der Waals surface area contributed by atoms with Crippen LogP contribution < -0.4 is 29.1 Å². The van der Waals surface area contributed by atoms with Gasteiger partial charge in [0, 0.05) is 10.0 Å². The number of hydrogen-bond acceptors (Lipinski definition) is 8. The third-order valence-electron chi connectivity index (χ3n) is 7.25. The fourth-order valence-electron chi connectivity index (χ4n) is 5.23. The lowest BCUT2D eigenvalue weighted by Gasteiger charge is -2.27. The summed E-state index contributed by atoms with van der Waals surface area (Å²) in [5.41, 5.74) is 2.77. The van der Waals surface area contributed by atoms with Crippen LogP contribution in [-0.2, 0) is 16.1 Å². The molecule has 11 heteroatoms. The van der Waals surface area contributed by atoms with E-state index in [2.05, 4.69) is 15.9 Å². The number of esters is 1. The summed E-state index contributed by atoms with van der Waals surface area (Å²) in [5.74, 6) is 0.732. The van der Waals surface area contributed by atoms with Crippen molar-refractivity contribution in [2.45, 2.75) is 46.3 Å². The van der Waals surface area contributed by atoms with Crippen molar-refractivity contribution in [3.05, 3.63) is 119 Å². The number of carbonyl (C=O) groups is 1. The second-order valence-corrected chi connectivity index (χ2v) is 12.3. The zero-order valence-electron chi connectivity index (χ0n) is 26.0. The molecule has 0 saturated heterocycles. The Morgan fingerprint density at radius 3 is 2.46 bits per heavy atom. The maximum Gasteiger partial charge on any atom is 0.338 e. The van der Waals surface area contributed by atoms with Gasteiger partial charge in [-0.3, -0.25) is 9.36 Å². The standard InChI is InChI=1S/C35H34BrFN2O6S/c1-5-8-26-31(34(41)44-7-3)32(25-19-23(36)12-16-27(25)42-4)39-33(40)30(46-35(39)38-26)18-22-11-15-28(29(17-22)43-6-2)45-20-21-9-13-24(37)14-10-21/h9-19,32H,5-8,20H2,1-4H3/b30-18+/t32-/m1/s1. The molecule has 0 unspecified atom stereocenters. The van der Waals surface area contributed by atoms with E-state index in [1.807, 2.05) is 38.1 Å². The summed E-state index contributed by atoms with van der Waals surface area (Å²) in [6.45, 7) is 6.46. The predicted molar refractivity (Wildman–Crippen MR) is 179 cm³/mol. The number of rotatable bonds is 12. The molecule has 2 heterocycles. The third-order valence-corrected chi connectivity index (χ3v) is 8.73. The lowest BCUT2D eigenvalue weighted by atomic mass is 9.93. The van der Waals surface area contributed by atoms with Gasteiger partial charge >= 0.3 is 5.97 Å². The van der Waals surface area contributed by atoms with Crippen LogP contribution in [0.5, 0.6) is 17.2 Å². The van der Waals surface area contributed by atoms with Gasteiger partial charge in [-0.25, -0.2) is 14.2 Å². The van der Waals surface area contributed by atoms with E-state index in [4.69, 9.17) is 23.9 Å². The topological polar surface area (TPSA) is 88.4 Å². The molecule has 46 heavy (non-hydrogen) atoms. The fourth-order valence-corrected chi connectivity index (χ4v) is 6.63. The second-order valence-electron chi connectivity index (χ2n) is 10.4. The van der Waals surface area contributed by atoms with Gasteiger partial charge in [0.25, 0.3) is 5.56 Å². The summed E-state index contributed by atoms with van der Waals surface area (Å²) in [5, 5.41) is 0. The van der Waals surface area contributed by atoms with Crippen LogP contribution in [0.3, 0.4) is 0 Å². The van der Waals surface area contributed by atoms with E-state index in [0.717, 1.165) is 22.0 Å². The molecule has 1 aliphatic rings. The molecule has 0 radical (unpaired) electrons. The Labute approximate surface area is 278 Å². The van der Waals surface area contributed by atoms with Crippen LogP contribution >= 0.6 is 27.3 Å². The number of ether oxygens (including phenoxy) is 4. The van der Waals surface area contributed by atoms with Gasteiger partial charge < -0.3 is 18.9 Å². The average Bonchev–Trinajstić information content (AvgIpc) is 3.35. The number of fused-ring (bicyclic) bond motifs is 1. The van der Waals surface area contributed by atoms with Crippen molar-refractivity contribution in [2.75, 3.05) is 20.3 Å². The molecule has 0 saturated carbocycles. The first kappa shape index (κ1) is 33.2. The first-order valence-electron chi connectivity index (χ1n) is 15.0. The highest BCUT2D eigenvalue weighted by molar-refractivity contribution is 9.10. The van der Waals surface area contributed by atoms with Crippen molar-refractivity contribution in [3.8, 4) is 17.2 Å². The molecule has 0 N–H and O–H groups in total. The Morgan fingerprint density at radius 1 is 1.00 bits per heavy atom. The lowest BCUT2D eigenvalue weighted by molar-refractivity contribution is -0.139. The zero-order valence-corrected chi connectivity index (χ0v) is 28.4. The quantitative estimate of drug-likeness (QED) is 0.157. The van der Waals surface area contributed by atoms with Crippen molar-refractivity contribution >= 4 is 39.3 Å². The van der Waals surface area contributed by atoms with Crippen LogP contribution in [0.4, 0.5) is 4.39 Å². The smallest absolute Gasteiger partial charge is 0.338 e. The van der Waals surface area contributed by atoms with Crippen molar-refractivity contribution in [2.24, 2.45) is 4.99 Å². The minimum Gasteiger partial charge on any atom is -0.496 e. The van der Waals surface area contributed by atoms with Gasteiger partial charge in [-0.15, -0.1) is 0 Å². The molecule has 4 aromatic rings. The van der Waals surface area contributed by atoms with Crippen LogP contribution in [0.2, 0.25) is 0 Å². The first-order chi connectivity index (χ1) is 22.3. The second kappa shape index (κ2) is 14.9. The molecule has 0 amide bonds. The summed E-state index contributed by atoms with van der Waals surface area (Å²) in [4.78, 5) is 33.0. The summed E-state index contributed by atoms with van der Waals surface area (Å²) in [6.07, 6.45) is 3.05. The number of thiazole rings is 1. The van der Waals surface area contributed by atoms with Gasteiger partial charge in [0.1, 0.15) is 24.2 Å². The van der Waals surface area contributed by atoms with Gasteiger partial charge in [-0.05, 0) is 79.9 Å². The third kappa shape index (κ3) is 7.10. The summed E-state index contributed by atoms with van der Waals surface area (Å²) < 4.78 is 39.1. The molecule has 5 rings (SSSR count). The number of aromatic nitrogens is 1. The van der Waals surface area contributed by atoms with Gasteiger partial charge in [0.2, 0.25) is 0 Å². The van der Waals surface area contributed by atoms with Crippen LogP contribution in [0.15, 0.2) is 86.2 Å². The minimum atomic E-state index is -0.812. The number of benzene rings is 3. The molecule has 1 aliphatic heterocycles. The van der Waals surface area contributed by atoms with E-state index in [9.17, 15) is 14.0 Å². The van der Waals surface area contributed by atoms with E-state index in [1.165, 1.54) is 23.5 Å². The van der Waals surface area contributed by atoms with Crippen molar-refractivity contribution < 1.29 is 28.1 Å². The van der Waals surface area contributed by atoms with E-state index >= 15 is 0 Å². The Hall–Kier alpha value is -4.22. The number of carbonyl (C=O) groups excluding carboxylic acids is 1. The Morgan fingerprint density at radius 2 is 1.76 bits per heavy atom. The molecular weight excluding hydrogens is 675 g/mol. The highest BCUT2D eigenvalue weighted by atomic mass is 79.9. The molecule has 1 atom stereocenters. The molecule has 0 spiro atoms. The molecule has 1 aromatic heterocycles. The van der Waals surface area contributed by atoms with Gasteiger partial charge in [0.05, 0.1) is 36.1 Å². The highest BCUT2D eigenvalue weighted by Gasteiger charge is 2.36. The summed E-state index contributed by atoms with van der Waals surface area (Å²) >= 11 is 4.80. The van der Waals surface area contributed by atoms with E-state index in [0.29, 0.717) is 56.4 Å². The SMILES string of the molecule is CCCC1=C(C(=O)OCC)[C@@H](c2cc(Br)ccc2OC)n2c(s/c(=C/c3ccc(OCc4ccc(F)cc4)c(OCC)c3)c2=O)=N1. The molecule has 0 bridgehead atoms. The van der Waals surface area contributed by atoms with Crippen LogP contribution in [0.25, 0.3) is 6.08 Å². The van der Waals surface area contributed by atoms with E-state index in [1.54, 1.807) is 48.9 Å². The van der Waals surface area contributed by atoms with Gasteiger partial charge in [-0.1, -0.05) is 58.8 Å².